The summed E-state index contributed by atoms with van der Waals surface area (Å²) in [5.41, 5.74) is 1.66. The van der Waals surface area contributed by atoms with Crippen molar-refractivity contribution < 1.29 is 17.7 Å². The predicted octanol–water partition coefficient (Wildman–Crippen LogP) is 1.53. The number of aromatic nitrogens is 1. The molecule has 28 heavy (non-hydrogen) atoms. The average Bonchev–Trinajstić information content (AvgIpc) is 3.35. The summed E-state index contributed by atoms with van der Waals surface area (Å²) in [7, 11) is -0.392. The monoisotopic (exact) mass is 404 g/mol. The molecule has 0 bridgehead atoms. The van der Waals surface area contributed by atoms with E-state index in [-0.39, 0.29) is 29.5 Å². The maximum Gasteiger partial charge on any atom is 0.293 e. The van der Waals surface area contributed by atoms with E-state index in [0.717, 1.165) is 5.56 Å². The molecule has 1 amide bonds. The summed E-state index contributed by atoms with van der Waals surface area (Å²) >= 11 is 0. The molecule has 2 fully saturated rings. The Balaban J connectivity index is 1.67. The second-order valence-electron chi connectivity index (χ2n) is 7.68. The smallest absolute Gasteiger partial charge is 0.293 e. The number of hydrogen-bond donors (Lipinski definition) is 0. The molecule has 0 saturated carbocycles. The highest BCUT2D eigenvalue weighted by atomic mass is 32.2. The van der Waals surface area contributed by atoms with Gasteiger partial charge in [0.25, 0.3) is 16.1 Å². The highest BCUT2D eigenvalue weighted by Crippen LogP contribution is 2.46. The number of rotatable bonds is 4. The van der Waals surface area contributed by atoms with Crippen LogP contribution in [0.15, 0.2) is 40.9 Å². The van der Waals surface area contributed by atoms with Crippen LogP contribution in [0.5, 0.6) is 0 Å². The zero-order valence-corrected chi connectivity index (χ0v) is 17.0. The Morgan fingerprint density at radius 2 is 1.89 bits per heavy atom. The fourth-order valence-electron chi connectivity index (χ4n) is 4.32. The van der Waals surface area contributed by atoms with E-state index in [4.69, 9.17) is 4.52 Å². The summed E-state index contributed by atoms with van der Waals surface area (Å²) < 4.78 is 33.2. The van der Waals surface area contributed by atoms with Crippen LogP contribution in [0.3, 0.4) is 0 Å². The normalized spacial score (nSPS) is 25.4. The Kier molecular flexibility index (Phi) is 4.76. The Morgan fingerprint density at radius 3 is 2.50 bits per heavy atom. The van der Waals surface area contributed by atoms with Crippen LogP contribution in [0.4, 0.5) is 0 Å². The van der Waals surface area contributed by atoms with Crippen molar-refractivity contribution in [3.63, 3.8) is 0 Å². The van der Waals surface area contributed by atoms with Gasteiger partial charge >= 0.3 is 0 Å². The first-order valence-electron chi connectivity index (χ1n) is 9.26. The third-order valence-electron chi connectivity index (χ3n) is 5.66. The van der Waals surface area contributed by atoms with Crippen LogP contribution in [-0.4, -0.2) is 66.7 Å². The molecular formula is C19H24N4O4S. The van der Waals surface area contributed by atoms with E-state index in [2.05, 4.69) is 5.16 Å². The molecule has 0 aliphatic carbocycles. The van der Waals surface area contributed by atoms with E-state index >= 15 is 0 Å². The molecule has 1 aromatic heterocycles. The van der Waals surface area contributed by atoms with Gasteiger partial charge in [0.05, 0.1) is 11.7 Å². The molecule has 2 saturated heterocycles. The number of hydrogen-bond acceptors (Lipinski definition) is 5. The van der Waals surface area contributed by atoms with Crippen molar-refractivity contribution in [1.29, 1.82) is 0 Å². The quantitative estimate of drug-likeness (QED) is 0.771. The van der Waals surface area contributed by atoms with Crippen molar-refractivity contribution in [2.45, 2.75) is 13.0 Å². The fourth-order valence-corrected chi connectivity index (χ4v) is 5.52. The lowest BCUT2D eigenvalue weighted by Crippen LogP contribution is -2.41. The van der Waals surface area contributed by atoms with Crippen LogP contribution < -0.4 is 0 Å². The van der Waals surface area contributed by atoms with Gasteiger partial charge in [-0.25, -0.2) is 0 Å². The lowest BCUT2D eigenvalue weighted by atomic mass is 9.89. The van der Waals surface area contributed by atoms with E-state index in [1.54, 1.807) is 27.1 Å². The molecule has 8 nitrogen and oxygen atoms in total. The summed E-state index contributed by atoms with van der Waals surface area (Å²) in [5.74, 6) is 0.125. The van der Waals surface area contributed by atoms with Crippen LogP contribution in [0.2, 0.25) is 0 Å². The summed E-state index contributed by atoms with van der Waals surface area (Å²) in [6.45, 7) is 3.07. The van der Waals surface area contributed by atoms with Gasteiger partial charge in [0.1, 0.15) is 0 Å². The fraction of sp³-hybridized carbons (Fsp3) is 0.474. The van der Waals surface area contributed by atoms with Crippen molar-refractivity contribution in [3.8, 4) is 0 Å². The number of benzene rings is 1. The Labute approximate surface area is 164 Å². The molecule has 4 rings (SSSR count). The molecule has 150 valence electrons. The number of carbonyl (C=O) groups is 1. The predicted molar refractivity (Wildman–Crippen MR) is 103 cm³/mol. The first-order valence-corrected chi connectivity index (χ1v) is 10.7. The van der Waals surface area contributed by atoms with E-state index in [1.807, 2.05) is 35.2 Å². The van der Waals surface area contributed by atoms with Gasteiger partial charge in [-0.1, -0.05) is 35.5 Å². The van der Waals surface area contributed by atoms with Crippen molar-refractivity contribution in [2.75, 3.05) is 33.7 Å². The van der Waals surface area contributed by atoms with Crippen molar-refractivity contribution in [3.05, 3.63) is 53.4 Å². The van der Waals surface area contributed by atoms with E-state index in [9.17, 15) is 13.2 Å². The molecule has 3 atom stereocenters. The van der Waals surface area contributed by atoms with Gasteiger partial charge in [0.2, 0.25) is 5.76 Å². The highest BCUT2D eigenvalue weighted by Gasteiger charge is 2.52. The number of likely N-dealkylation sites (tertiary alicyclic amines) is 1. The van der Waals surface area contributed by atoms with Gasteiger partial charge in [0, 0.05) is 45.7 Å². The van der Waals surface area contributed by atoms with Crippen LogP contribution in [0, 0.1) is 18.8 Å². The molecule has 0 unspecified atom stereocenters. The number of amides is 1. The van der Waals surface area contributed by atoms with Crippen LogP contribution >= 0.6 is 0 Å². The summed E-state index contributed by atoms with van der Waals surface area (Å²) in [5, 5.41) is 3.83. The summed E-state index contributed by atoms with van der Waals surface area (Å²) in [6, 6.07) is 11.2. The third kappa shape index (κ3) is 3.13. The van der Waals surface area contributed by atoms with Gasteiger partial charge in [-0.15, -0.1) is 0 Å². The maximum absolute atomic E-state index is 13.1. The highest BCUT2D eigenvalue weighted by molar-refractivity contribution is 7.86. The minimum absolute atomic E-state index is 0.0325. The summed E-state index contributed by atoms with van der Waals surface area (Å²) in [6.07, 6.45) is 0. The molecule has 2 aliphatic heterocycles. The lowest BCUT2D eigenvalue weighted by Gasteiger charge is -2.29. The van der Waals surface area contributed by atoms with Crippen LogP contribution in [-0.2, 0) is 10.2 Å². The minimum Gasteiger partial charge on any atom is -0.351 e. The van der Waals surface area contributed by atoms with Crippen molar-refractivity contribution >= 4 is 16.1 Å². The topological polar surface area (TPSA) is 87.0 Å². The van der Waals surface area contributed by atoms with Crippen LogP contribution in [0.25, 0.3) is 0 Å². The van der Waals surface area contributed by atoms with Gasteiger partial charge in [-0.05, 0) is 18.4 Å². The zero-order chi connectivity index (χ0) is 20.1. The number of carbonyl (C=O) groups excluding carboxylic acids is 1. The number of fused-ring (bicyclic) bond motifs is 1. The molecule has 3 heterocycles. The molecule has 1 aromatic carbocycles. The van der Waals surface area contributed by atoms with Crippen molar-refractivity contribution in [1.82, 2.24) is 18.7 Å². The Morgan fingerprint density at radius 1 is 1.18 bits per heavy atom. The van der Waals surface area contributed by atoms with E-state index < -0.39 is 10.2 Å². The first-order chi connectivity index (χ1) is 13.3. The minimum atomic E-state index is -3.48. The second kappa shape index (κ2) is 6.98. The number of aryl methyl sites for hydroxylation is 1. The van der Waals surface area contributed by atoms with Crippen molar-refractivity contribution in [2.24, 2.45) is 11.8 Å². The second-order valence-corrected chi connectivity index (χ2v) is 9.82. The molecule has 0 N–H and O–H groups in total. The van der Waals surface area contributed by atoms with Gasteiger partial charge in [0.15, 0.2) is 0 Å². The standard InChI is InChI=1S/C19H24N4O4S/c1-13-9-17(27-20-13)19(24)23-11-15-10-22(28(25,26)21(2)3)12-16(15)18(23)14-7-5-4-6-8-14/h4-9,15-16,18H,10-12H2,1-3H3/t15-,16-,18+/m0/s1. The molecule has 2 aliphatic rings. The van der Waals surface area contributed by atoms with E-state index in [1.165, 1.54) is 8.61 Å². The molecule has 2 aromatic rings. The van der Waals surface area contributed by atoms with E-state index in [0.29, 0.717) is 25.3 Å². The largest absolute Gasteiger partial charge is 0.351 e. The summed E-state index contributed by atoms with van der Waals surface area (Å²) in [4.78, 5) is 14.9. The van der Waals surface area contributed by atoms with Crippen LogP contribution in [0.1, 0.15) is 27.9 Å². The third-order valence-corrected chi connectivity index (χ3v) is 7.53. The molecule has 0 radical (unpaired) electrons. The Hall–Kier alpha value is -2.23. The number of nitrogens with zero attached hydrogens (tertiary/aromatic N) is 4. The van der Waals surface area contributed by atoms with Gasteiger partial charge in [-0.2, -0.15) is 17.0 Å². The molecule has 9 heteroatoms. The van der Waals surface area contributed by atoms with Gasteiger partial charge < -0.3 is 9.42 Å². The lowest BCUT2D eigenvalue weighted by molar-refractivity contribution is 0.0666. The molecule has 0 spiro atoms. The van der Waals surface area contributed by atoms with Gasteiger partial charge in [-0.3, -0.25) is 4.79 Å². The first kappa shape index (κ1) is 19.1. The maximum atomic E-state index is 13.1. The zero-order valence-electron chi connectivity index (χ0n) is 16.1. The Bertz CT molecular complexity index is 973. The SMILES string of the molecule is Cc1cc(C(=O)N2C[C@@H]3CN(S(=O)(=O)N(C)C)C[C@@H]3[C@H]2c2ccccc2)on1. The molecular weight excluding hydrogens is 380 g/mol. The average molecular weight is 404 g/mol.